The fourth-order valence-corrected chi connectivity index (χ4v) is 2.58. The van der Waals surface area contributed by atoms with Gasteiger partial charge in [0.05, 0.1) is 6.61 Å². The predicted octanol–water partition coefficient (Wildman–Crippen LogP) is 2.58. The minimum Gasteiger partial charge on any atom is -0.485 e. The van der Waals surface area contributed by atoms with Crippen molar-refractivity contribution >= 4 is 18.4 Å². The molecule has 2 N–H and O–H groups in total. The fraction of sp³-hybridized carbons (Fsp3) is 0.632. The summed E-state index contributed by atoms with van der Waals surface area (Å²) >= 11 is 0. The number of hydrogen-bond donors (Lipinski definition) is 1. The van der Waals surface area contributed by atoms with Crippen molar-refractivity contribution in [3.63, 3.8) is 0 Å². The van der Waals surface area contributed by atoms with Gasteiger partial charge >= 0.3 is 5.97 Å². The van der Waals surface area contributed by atoms with Gasteiger partial charge in [-0.3, -0.25) is 4.79 Å². The van der Waals surface area contributed by atoms with E-state index in [0.717, 1.165) is 5.75 Å². The van der Waals surface area contributed by atoms with Crippen LogP contribution in [0.4, 0.5) is 0 Å². The lowest BCUT2D eigenvalue weighted by molar-refractivity contribution is -0.170. The molecule has 0 saturated carbocycles. The van der Waals surface area contributed by atoms with Gasteiger partial charge in [-0.05, 0) is 31.4 Å². The van der Waals surface area contributed by atoms with Gasteiger partial charge in [-0.15, -0.1) is 12.4 Å². The third-order valence-corrected chi connectivity index (χ3v) is 3.94. The number of esters is 1. The smallest absolute Gasteiger partial charge is 0.323 e. The van der Waals surface area contributed by atoms with Gasteiger partial charge in [-0.25, -0.2) is 0 Å². The van der Waals surface area contributed by atoms with Gasteiger partial charge in [-0.2, -0.15) is 0 Å². The van der Waals surface area contributed by atoms with Gasteiger partial charge in [-0.1, -0.05) is 32.0 Å². The maximum atomic E-state index is 12.1. The minimum atomic E-state index is -0.681. The van der Waals surface area contributed by atoms with Crippen molar-refractivity contribution in [2.45, 2.75) is 51.5 Å². The Kier molecular flexibility index (Phi) is 9.94. The molecule has 1 aliphatic rings. The second-order valence-corrected chi connectivity index (χ2v) is 6.77. The molecular formula is C19H30ClNO5. The Bertz CT molecular complexity index is 528. The second kappa shape index (κ2) is 11.4. The van der Waals surface area contributed by atoms with Crippen molar-refractivity contribution in [3.8, 4) is 5.75 Å². The van der Waals surface area contributed by atoms with Crippen molar-refractivity contribution in [2.75, 3.05) is 19.8 Å². The Balaban J connectivity index is 0.00000338. The average Bonchev–Trinajstić information content (AvgIpc) is 2.58. The zero-order valence-corrected chi connectivity index (χ0v) is 16.4. The van der Waals surface area contributed by atoms with E-state index in [4.69, 9.17) is 24.7 Å². The molecule has 0 radical (unpaired) electrons. The molecule has 1 aliphatic heterocycles. The molecule has 0 bridgehead atoms. The number of rotatable bonds is 5. The number of benzene rings is 1. The second-order valence-electron chi connectivity index (χ2n) is 6.77. The standard InChI is InChI=1S/C19H29NO5.ClH/c1-13(2)11-23-18-14(3)24-19(21)16(20)9-10-22-12-17(18)25-15-7-5-4-6-8-15;/h4-8,13-14,16-18H,9-12,20H2,1-3H3;1H/t14-,16-,17-,18-;/m0./s1. The first-order valence-corrected chi connectivity index (χ1v) is 8.84. The van der Waals surface area contributed by atoms with Crippen molar-refractivity contribution < 1.29 is 23.7 Å². The van der Waals surface area contributed by atoms with E-state index in [0.29, 0.717) is 32.2 Å². The lowest BCUT2D eigenvalue weighted by Gasteiger charge is -2.33. The molecule has 148 valence electrons. The van der Waals surface area contributed by atoms with Gasteiger partial charge in [0.25, 0.3) is 0 Å². The van der Waals surface area contributed by atoms with Crippen molar-refractivity contribution in [3.05, 3.63) is 30.3 Å². The highest BCUT2D eigenvalue weighted by Crippen LogP contribution is 2.20. The molecule has 1 fully saturated rings. The van der Waals surface area contributed by atoms with Crippen LogP contribution in [0, 0.1) is 5.92 Å². The fourth-order valence-electron chi connectivity index (χ4n) is 2.58. The number of carbonyl (C=O) groups is 1. The van der Waals surface area contributed by atoms with Gasteiger partial charge in [0.15, 0.2) is 6.10 Å². The molecule has 0 spiro atoms. The van der Waals surface area contributed by atoms with Crippen LogP contribution in [0.3, 0.4) is 0 Å². The molecule has 1 aromatic rings. The quantitative estimate of drug-likeness (QED) is 0.782. The normalized spacial score (nSPS) is 27.3. The van der Waals surface area contributed by atoms with Crippen molar-refractivity contribution in [1.29, 1.82) is 0 Å². The van der Waals surface area contributed by atoms with E-state index in [9.17, 15) is 4.79 Å². The lowest BCUT2D eigenvalue weighted by atomic mass is 10.1. The molecule has 7 heteroatoms. The number of para-hydroxylation sites is 1. The molecule has 0 amide bonds. The highest BCUT2D eigenvalue weighted by molar-refractivity contribution is 5.85. The molecule has 1 aromatic carbocycles. The number of ether oxygens (including phenoxy) is 4. The summed E-state index contributed by atoms with van der Waals surface area (Å²) in [6.07, 6.45) is -0.913. The third-order valence-electron chi connectivity index (χ3n) is 3.94. The van der Waals surface area contributed by atoms with E-state index in [-0.39, 0.29) is 12.4 Å². The topological polar surface area (TPSA) is 80.0 Å². The Labute approximate surface area is 161 Å². The van der Waals surface area contributed by atoms with E-state index in [2.05, 4.69) is 13.8 Å². The van der Waals surface area contributed by atoms with Gasteiger partial charge in [0.1, 0.15) is 24.0 Å². The molecule has 1 saturated heterocycles. The minimum absolute atomic E-state index is 0. The number of hydrogen-bond acceptors (Lipinski definition) is 6. The largest absolute Gasteiger partial charge is 0.485 e. The molecule has 4 atom stereocenters. The number of carbonyl (C=O) groups excluding carboxylic acids is 1. The van der Waals surface area contributed by atoms with E-state index in [1.807, 2.05) is 30.3 Å². The van der Waals surface area contributed by atoms with Crippen LogP contribution in [0.25, 0.3) is 0 Å². The van der Waals surface area contributed by atoms with Crippen LogP contribution in [0.1, 0.15) is 27.2 Å². The Morgan fingerprint density at radius 1 is 1.27 bits per heavy atom. The molecule has 0 aromatic heterocycles. The summed E-state index contributed by atoms with van der Waals surface area (Å²) in [6.45, 7) is 7.18. The van der Waals surface area contributed by atoms with Gasteiger partial charge in [0.2, 0.25) is 0 Å². The first-order valence-electron chi connectivity index (χ1n) is 8.84. The van der Waals surface area contributed by atoms with E-state index >= 15 is 0 Å². The van der Waals surface area contributed by atoms with Crippen molar-refractivity contribution in [1.82, 2.24) is 0 Å². The summed E-state index contributed by atoms with van der Waals surface area (Å²) in [4.78, 5) is 12.1. The van der Waals surface area contributed by atoms with Gasteiger partial charge < -0.3 is 24.7 Å². The van der Waals surface area contributed by atoms with Crippen LogP contribution in [-0.2, 0) is 19.0 Å². The Morgan fingerprint density at radius 3 is 2.62 bits per heavy atom. The van der Waals surface area contributed by atoms with Crippen LogP contribution in [0.2, 0.25) is 0 Å². The molecule has 2 rings (SSSR count). The summed E-state index contributed by atoms with van der Waals surface area (Å²) in [5.74, 6) is 0.634. The van der Waals surface area contributed by atoms with Crippen LogP contribution >= 0.6 is 12.4 Å². The van der Waals surface area contributed by atoms with E-state index in [1.165, 1.54) is 0 Å². The lowest BCUT2D eigenvalue weighted by Crippen LogP contribution is -2.49. The van der Waals surface area contributed by atoms with Crippen molar-refractivity contribution in [2.24, 2.45) is 11.7 Å². The highest BCUT2D eigenvalue weighted by atomic mass is 35.5. The van der Waals surface area contributed by atoms with Crippen LogP contribution in [-0.4, -0.2) is 50.1 Å². The van der Waals surface area contributed by atoms with Crippen LogP contribution in [0.15, 0.2) is 30.3 Å². The molecule has 26 heavy (non-hydrogen) atoms. The van der Waals surface area contributed by atoms with E-state index < -0.39 is 30.3 Å². The monoisotopic (exact) mass is 387 g/mol. The maximum absolute atomic E-state index is 12.1. The SMILES string of the molecule is CC(C)CO[C@H]1[C@H](C)OC(=O)[C@@H](N)CCOC[C@@H]1Oc1ccccc1.Cl. The number of cyclic esters (lactones) is 1. The summed E-state index contributed by atoms with van der Waals surface area (Å²) in [7, 11) is 0. The summed E-state index contributed by atoms with van der Waals surface area (Å²) in [5.41, 5.74) is 5.83. The van der Waals surface area contributed by atoms with Gasteiger partial charge in [0, 0.05) is 13.2 Å². The van der Waals surface area contributed by atoms with Crippen LogP contribution < -0.4 is 10.5 Å². The maximum Gasteiger partial charge on any atom is 0.323 e. The zero-order chi connectivity index (χ0) is 18.2. The Hall–Kier alpha value is -1.34. The zero-order valence-electron chi connectivity index (χ0n) is 15.6. The molecule has 0 unspecified atom stereocenters. The number of nitrogens with two attached hydrogens (primary N) is 1. The number of halogens is 1. The average molecular weight is 388 g/mol. The summed E-state index contributed by atoms with van der Waals surface area (Å²) < 4.78 is 23.4. The Morgan fingerprint density at radius 2 is 1.96 bits per heavy atom. The molecule has 1 heterocycles. The highest BCUT2D eigenvalue weighted by Gasteiger charge is 2.34. The summed E-state index contributed by atoms with van der Waals surface area (Å²) in [5, 5.41) is 0. The first kappa shape index (κ1) is 22.7. The third kappa shape index (κ3) is 7.11. The molecular weight excluding hydrogens is 358 g/mol. The van der Waals surface area contributed by atoms with E-state index in [1.54, 1.807) is 6.92 Å². The summed E-state index contributed by atoms with van der Waals surface area (Å²) in [6, 6.07) is 8.82. The van der Waals surface area contributed by atoms with Crippen LogP contribution in [0.5, 0.6) is 5.75 Å². The predicted molar refractivity (Wildman–Crippen MR) is 102 cm³/mol. The molecule has 0 aliphatic carbocycles. The molecule has 6 nitrogen and oxygen atoms in total. The first-order chi connectivity index (χ1) is 12.0.